The number of urea groups is 1. The summed E-state index contributed by atoms with van der Waals surface area (Å²) in [6.07, 6.45) is 3.10. The van der Waals surface area contributed by atoms with Crippen LogP contribution in [0.1, 0.15) is 40.5 Å². The van der Waals surface area contributed by atoms with Crippen LogP contribution in [0, 0.1) is 5.92 Å². The molecule has 0 bridgehead atoms. The first-order valence-corrected chi connectivity index (χ1v) is 12.3. The Morgan fingerprint density at radius 2 is 1.47 bits per heavy atom. The Balaban J connectivity index is 1.30. The number of amides is 2. The van der Waals surface area contributed by atoms with Crippen LogP contribution in [0.4, 0.5) is 16.2 Å². The third kappa shape index (κ3) is 5.94. The van der Waals surface area contributed by atoms with Crippen molar-refractivity contribution in [1.29, 1.82) is 0 Å². The molecule has 7 heteroatoms. The summed E-state index contributed by atoms with van der Waals surface area (Å²) < 4.78 is 11.7. The average molecular weight is 445 g/mol. The number of rotatable bonds is 4. The van der Waals surface area contributed by atoms with Gasteiger partial charge in [0.25, 0.3) is 0 Å². The van der Waals surface area contributed by atoms with E-state index in [0.29, 0.717) is 18.1 Å². The van der Waals surface area contributed by atoms with Crippen molar-refractivity contribution < 1.29 is 14.3 Å². The average Bonchev–Trinajstić information content (AvgIpc) is 2.73. The molecule has 0 spiro atoms. The fourth-order valence-electron chi connectivity index (χ4n) is 5.54. The second-order valence-corrected chi connectivity index (χ2v) is 10.0. The summed E-state index contributed by atoms with van der Waals surface area (Å²) in [6.45, 7) is 15.0. The summed E-state index contributed by atoms with van der Waals surface area (Å²) in [6, 6.07) is 8.14. The van der Waals surface area contributed by atoms with E-state index in [0.717, 1.165) is 70.0 Å². The predicted molar refractivity (Wildman–Crippen MR) is 128 cm³/mol. The van der Waals surface area contributed by atoms with E-state index in [1.54, 1.807) is 0 Å². The Bertz CT molecular complexity index is 747. The van der Waals surface area contributed by atoms with Crippen molar-refractivity contribution in [1.82, 2.24) is 9.80 Å². The second kappa shape index (κ2) is 10.4. The molecule has 178 valence electrons. The van der Waals surface area contributed by atoms with Crippen LogP contribution in [0.2, 0.25) is 0 Å². The smallest absolute Gasteiger partial charge is 0.321 e. The molecule has 3 aliphatic rings. The molecule has 0 radical (unpaired) electrons. The summed E-state index contributed by atoms with van der Waals surface area (Å²) in [5.41, 5.74) is 1.96. The lowest BCUT2D eigenvalue weighted by Crippen LogP contribution is -2.49. The van der Waals surface area contributed by atoms with Crippen LogP contribution in [0.15, 0.2) is 24.3 Å². The number of hydrogen-bond donors (Lipinski definition) is 1. The minimum Gasteiger partial charge on any atom is -0.373 e. The number of nitrogens with one attached hydrogen (secondary N) is 1. The maximum absolute atomic E-state index is 13.1. The molecule has 4 rings (SSSR count). The summed E-state index contributed by atoms with van der Waals surface area (Å²) in [7, 11) is 0. The Kier molecular flexibility index (Phi) is 7.59. The molecule has 0 aliphatic carbocycles. The van der Waals surface area contributed by atoms with Gasteiger partial charge in [-0.15, -0.1) is 0 Å². The van der Waals surface area contributed by atoms with E-state index in [9.17, 15) is 4.79 Å². The van der Waals surface area contributed by atoms with Crippen molar-refractivity contribution in [3.8, 4) is 0 Å². The maximum atomic E-state index is 13.1. The first kappa shape index (κ1) is 23.3. The van der Waals surface area contributed by atoms with Crippen LogP contribution in [-0.2, 0) is 9.47 Å². The highest BCUT2D eigenvalue weighted by atomic mass is 16.5. The normalized spacial score (nSPS) is 30.4. The van der Waals surface area contributed by atoms with Gasteiger partial charge >= 0.3 is 6.03 Å². The summed E-state index contributed by atoms with van der Waals surface area (Å²) in [5.74, 6) is 0.653. The molecular formula is C25H40N4O3. The van der Waals surface area contributed by atoms with Crippen molar-refractivity contribution in [3.05, 3.63) is 24.3 Å². The molecule has 1 aromatic carbocycles. The van der Waals surface area contributed by atoms with Gasteiger partial charge in [0.1, 0.15) is 0 Å². The van der Waals surface area contributed by atoms with Gasteiger partial charge in [0.15, 0.2) is 0 Å². The van der Waals surface area contributed by atoms with Crippen molar-refractivity contribution in [2.24, 2.45) is 5.92 Å². The fourth-order valence-corrected chi connectivity index (χ4v) is 5.54. The summed E-state index contributed by atoms with van der Waals surface area (Å²) >= 11 is 0. The van der Waals surface area contributed by atoms with Crippen molar-refractivity contribution >= 4 is 17.4 Å². The summed E-state index contributed by atoms with van der Waals surface area (Å²) in [5, 5.41) is 3.19. The zero-order chi connectivity index (χ0) is 22.7. The fraction of sp³-hybridized carbons (Fsp3) is 0.720. The van der Waals surface area contributed by atoms with Crippen LogP contribution in [-0.4, -0.2) is 86.1 Å². The molecule has 3 fully saturated rings. The Labute approximate surface area is 193 Å². The minimum absolute atomic E-state index is 0.0128. The van der Waals surface area contributed by atoms with Crippen LogP contribution in [0.3, 0.4) is 0 Å². The number of para-hydroxylation sites is 2. The lowest BCUT2D eigenvalue weighted by atomic mass is 9.96. The lowest BCUT2D eigenvalue weighted by Gasteiger charge is -2.39. The molecular weight excluding hydrogens is 404 g/mol. The molecule has 32 heavy (non-hydrogen) atoms. The maximum Gasteiger partial charge on any atom is 0.321 e. The number of nitrogens with zero attached hydrogens (tertiary/aromatic N) is 3. The molecule has 0 saturated carbocycles. The largest absolute Gasteiger partial charge is 0.373 e. The Morgan fingerprint density at radius 1 is 0.906 bits per heavy atom. The molecule has 3 aliphatic heterocycles. The van der Waals surface area contributed by atoms with Gasteiger partial charge in [0, 0.05) is 45.8 Å². The minimum atomic E-state index is 0.0128. The predicted octanol–water partition coefficient (Wildman–Crippen LogP) is 3.65. The zero-order valence-electron chi connectivity index (χ0n) is 20.1. The molecule has 1 aromatic rings. The molecule has 4 unspecified atom stereocenters. The number of likely N-dealkylation sites (tertiary alicyclic amines) is 1. The monoisotopic (exact) mass is 444 g/mol. The number of ether oxygens (including phenoxy) is 2. The third-order valence-electron chi connectivity index (χ3n) is 6.82. The standard InChI is InChI=1S/C25H40N4O3/c1-18-13-27(14-19(2)31-18)17-22-9-11-28(12-10-22)25(30)26-23-7-5-6-8-24(23)29-15-20(3)32-21(4)16-29/h5-8,18-22H,9-17H2,1-4H3,(H,26,30). The zero-order valence-corrected chi connectivity index (χ0v) is 20.1. The molecule has 0 aromatic heterocycles. The van der Waals surface area contributed by atoms with Crippen LogP contribution in [0.5, 0.6) is 0 Å². The molecule has 2 amide bonds. The SMILES string of the molecule is CC1CN(CC2CCN(C(=O)Nc3ccccc3N3CC(C)OC(C)C3)CC2)CC(C)O1. The first-order valence-electron chi connectivity index (χ1n) is 12.3. The molecule has 7 nitrogen and oxygen atoms in total. The van der Waals surface area contributed by atoms with Gasteiger partial charge < -0.3 is 24.6 Å². The van der Waals surface area contributed by atoms with Gasteiger partial charge in [-0.3, -0.25) is 4.90 Å². The van der Waals surface area contributed by atoms with Crippen molar-refractivity contribution in [2.75, 3.05) is 56.0 Å². The Morgan fingerprint density at radius 3 is 2.09 bits per heavy atom. The number of benzene rings is 1. The molecule has 4 atom stereocenters. The van der Waals surface area contributed by atoms with Gasteiger partial charge in [-0.25, -0.2) is 4.79 Å². The van der Waals surface area contributed by atoms with Crippen molar-refractivity contribution in [3.63, 3.8) is 0 Å². The number of hydrogen-bond acceptors (Lipinski definition) is 5. The van der Waals surface area contributed by atoms with E-state index >= 15 is 0 Å². The van der Waals surface area contributed by atoms with Gasteiger partial charge in [-0.2, -0.15) is 0 Å². The topological polar surface area (TPSA) is 57.3 Å². The van der Waals surface area contributed by atoms with Gasteiger partial charge in [0.2, 0.25) is 0 Å². The second-order valence-electron chi connectivity index (χ2n) is 10.0. The van der Waals surface area contributed by atoms with Crippen LogP contribution in [0.25, 0.3) is 0 Å². The molecule has 3 heterocycles. The van der Waals surface area contributed by atoms with E-state index in [2.05, 4.69) is 48.9 Å². The summed E-state index contributed by atoms with van der Waals surface area (Å²) in [4.78, 5) is 19.9. The van der Waals surface area contributed by atoms with E-state index in [-0.39, 0.29) is 18.2 Å². The van der Waals surface area contributed by atoms with E-state index in [1.807, 2.05) is 23.1 Å². The van der Waals surface area contributed by atoms with Gasteiger partial charge in [-0.05, 0) is 58.6 Å². The van der Waals surface area contributed by atoms with Crippen LogP contribution < -0.4 is 10.2 Å². The van der Waals surface area contributed by atoms with Gasteiger partial charge in [0.05, 0.1) is 35.8 Å². The third-order valence-corrected chi connectivity index (χ3v) is 6.82. The van der Waals surface area contributed by atoms with E-state index in [1.165, 1.54) is 0 Å². The van der Waals surface area contributed by atoms with Gasteiger partial charge in [-0.1, -0.05) is 12.1 Å². The van der Waals surface area contributed by atoms with Crippen LogP contribution >= 0.6 is 0 Å². The first-order chi connectivity index (χ1) is 15.4. The highest BCUT2D eigenvalue weighted by molar-refractivity contribution is 5.93. The number of carbonyl (C=O) groups is 1. The lowest BCUT2D eigenvalue weighted by molar-refractivity contribution is -0.0728. The quantitative estimate of drug-likeness (QED) is 0.768. The van der Waals surface area contributed by atoms with E-state index in [4.69, 9.17) is 9.47 Å². The highest BCUT2D eigenvalue weighted by Crippen LogP contribution is 2.29. The molecule has 3 saturated heterocycles. The number of carbonyl (C=O) groups excluding carboxylic acids is 1. The Hall–Kier alpha value is -1.83. The number of morpholine rings is 2. The number of piperidine rings is 1. The van der Waals surface area contributed by atoms with Crippen molar-refractivity contribution in [2.45, 2.75) is 65.0 Å². The number of anilines is 2. The van der Waals surface area contributed by atoms with E-state index < -0.39 is 0 Å². The molecule has 1 N–H and O–H groups in total. The highest BCUT2D eigenvalue weighted by Gasteiger charge is 2.29.